The fraction of sp³-hybridized carbons (Fsp3) is 0.923. The van der Waals surface area contributed by atoms with E-state index in [9.17, 15) is 4.79 Å². The minimum Gasteiger partial charge on any atom is -0.305 e. The summed E-state index contributed by atoms with van der Waals surface area (Å²) >= 11 is 0. The van der Waals surface area contributed by atoms with E-state index >= 15 is 0 Å². The maximum absolute atomic E-state index is 11.2. The van der Waals surface area contributed by atoms with Crippen LogP contribution in [0.4, 0.5) is 0 Å². The van der Waals surface area contributed by atoms with Crippen LogP contribution >= 0.6 is 0 Å². The summed E-state index contributed by atoms with van der Waals surface area (Å²) in [6.45, 7) is 6.58. The normalized spacial score (nSPS) is 21.9. The van der Waals surface area contributed by atoms with Gasteiger partial charge >= 0.3 is 0 Å². The van der Waals surface area contributed by atoms with Crippen LogP contribution in [-0.2, 0) is 4.79 Å². The van der Waals surface area contributed by atoms with E-state index in [1.807, 2.05) is 0 Å². The molecule has 1 aliphatic rings. The Balaban J connectivity index is 2.41. The van der Waals surface area contributed by atoms with Crippen molar-refractivity contribution in [2.75, 3.05) is 20.1 Å². The van der Waals surface area contributed by atoms with E-state index in [0.717, 1.165) is 31.8 Å². The van der Waals surface area contributed by atoms with Gasteiger partial charge in [0.25, 0.3) is 0 Å². The second-order valence-corrected chi connectivity index (χ2v) is 5.40. The lowest BCUT2D eigenvalue weighted by Gasteiger charge is -2.29. The summed E-state index contributed by atoms with van der Waals surface area (Å²) < 4.78 is 0. The van der Waals surface area contributed by atoms with Gasteiger partial charge in [-0.15, -0.1) is 0 Å². The first-order chi connectivity index (χ1) is 7.12. The maximum atomic E-state index is 11.2. The van der Waals surface area contributed by atoms with Crippen molar-refractivity contribution >= 4 is 6.29 Å². The Hall–Kier alpha value is -0.370. The molecular formula is C13H25NO. The van der Waals surface area contributed by atoms with Gasteiger partial charge in [0.15, 0.2) is 0 Å². The molecule has 0 aromatic rings. The van der Waals surface area contributed by atoms with E-state index in [1.54, 1.807) is 0 Å². The minimum atomic E-state index is -0.0117. The molecule has 1 saturated carbocycles. The van der Waals surface area contributed by atoms with Crippen LogP contribution in [0.25, 0.3) is 0 Å². The van der Waals surface area contributed by atoms with Crippen LogP contribution in [0.5, 0.6) is 0 Å². The molecule has 0 aromatic carbocycles. The highest BCUT2D eigenvalue weighted by Gasteiger charge is 2.34. The molecular weight excluding hydrogens is 186 g/mol. The highest BCUT2D eigenvalue weighted by atomic mass is 16.1. The third-order valence-corrected chi connectivity index (χ3v) is 3.75. The average molecular weight is 211 g/mol. The van der Waals surface area contributed by atoms with Gasteiger partial charge in [0, 0.05) is 18.5 Å². The molecule has 1 rings (SSSR count). The van der Waals surface area contributed by atoms with E-state index in [0.29, 0.717) is 0 Å². The first-order valence-electron chi connectivity index (χ1n) is 6.27. The van der Waals surface area contributed by atoms with Crippen LogP contribution in [0, 0.1) is 11.3 Å². The van der Waals surface area contributed by atoms with Crippen molar-refractivity contribution in [1.29, 1.82) is 0 Å². The highest BCUT2D eigenvalue weighted by molar-refractivity contribution is 5.60. The predicted molar refractivity (Wildman–Crippen MR) is 63.9 cm³/mol. The van der Waals surface area contributed by atoms with Crippen LogP contribution in [-0.4, -0.2) is 31.3 Å². The maximum Gasteiger partial charge on any atom is 0.127 e. The Morgan fingerprint density at radius 1 is 1.40 bits per heavy atom. The van der Waals surface area contributed by atoms with Gasteiger partial charge < -0.3 is 9.69 Å². The molecule has 2 heteroatoms. The van der Waals surface area contributed by atoms with Crippen molar-refractivity contribution in [1.82, 2.24) is 4.90 Å². The summed E-state index contributed by atoms with van der Waals surface area (Å²) in [7, 11) is 2.15. The summed E-state index contributed by atoms with van der Waals surface area (Å²) in [6, 6.07) is 0. The molecule has 0 heterocycles. The predicted octanol–water partition coefficient (Wildman–Crippen LogP) is 2.72. The van der Waals surface area contributed by atoms with Crippen molar-refractivity contribution in [3.8, 4) is 0 Å². The zero-order valence-corrected chi connectivity index (χ0v) is 10.5. The van der Waals surface area contributed by atoms with Crippen molar-refractivity contribution < 1.29 is 4.79 Å². The second-order valence-electron chi connectivity index (χ2n) is 5.40. The summed E-state index contributed by atoms with van der Waals surface area (Å²) in [6.07, 6.45) is 7.10. The molecule has 0 saturated heterocycles. The Labute approximate surface area is 94.0 Å². The van der Waals surface area contributed by atoms with Gasteiger partial charge in [0.05, 0.1) is 0 Å². The number of hydrogen-bond donors (Lipinski definition) is 0. The molecule has 2 nitrogen and oxygen atoms in total. The molecule has 1 aliphatic carbocycles. The van der Waals surface area contributed by atoms with E-state index in [2.05, 4.69) is 25.8 Å². The summed E-state index contributed by atoms with van der Waals surface area (Å²) in [5, 5.41) is 0. The van der Waals surface area contributed by atoms with Gasteiger partial charge in [-0.25, -0.2) is 0 Å². The average Bonchev–Trinajstić information content (AvgIpc) is 2.66. The number of nitrogens with zero attached hydrogens (tertiary/aromatic N) is 1. The lowest BCUT2D eigenvalue weighted by molar-refractivity contribution is -0.116. The molecule has 1 fully saturated rings. The highest BCUT2D eigenvalue weighted by Crippen LogP contribution is 2.36. The summed E-state index contributed by atoms with van der Waals surface area (Å²) in [5.41, 5.74) is -0.0117. The van der Waals surface area contributed by atoms with Crippen LogP contribution in [0.2, 0.25) is 0 Å². The van der Waals surface area contributed by atoms with Crippen LogP contribution in [0.1, 0.15) is 46.0 Å². The smallest absolute Gasteiger partial charge is 0.127 e. The molecule has 0 aliphatic heterocycles. The van der Waals surface area contributed by atoms with E-state index in [-0.39, 0.29) is 5.41 Å². The van der Waals surface area contributed by atoms with Crippen LogP contribution in [0.15, 0.2) is 0 Å². The molecule has 0 aromatic heterocycles. The molecule has 0 radical (unpaired) electrons. The third kappa shape index (κ3) is 3.60. The number of carbonyl (C=O) groups excluding carboxylic acids is 1. The van der Waals surface area contributed by atoms with Crippen molar-refractivity contribution in [2.24, 2.45) is 11.3 Å². The second kappa shape index (κ2) is 5.64. The molecule has 0 amide bonds. The van der Waals surface area contributed by atoms with Gasteiger partial charge in [0.2, 0.25) is 0 Å². The fourth-order valence-corrected chi connectivity index (χ4v) is 2.66. The van der Waals surface area contributed by atoms with Gasteiger partial charge in [-0.3, -0.25) is 0 Å². The standard InChI is InChI=1S/C13H25NO/c1-4-12(2)9-14(3)10-13(11-15)7-5-6-8-13/h11-12H,4-10H2,1-3H3. The fourth-order valence-electron chi connectivity index (χ4n) is 2.66. The zero-order chi connectivity index (χ0) is 11.3. The Bertz CT molecular complexity index is 197. The summed E-state index contributed by atoms with van der Waals surface area (Å²) in [4.78, 5) is 13.5. The number of aldehydes is 1. The molecule has 1 atom stereocenters. The Kier molecular flexibility index (Phi) is 4.78. The van der Waals surface area contributed by atoms with E-state index < -0.39 is 0 Å². The number of carbonyl (C=O) groups is 1. The van der Waals surface area contributed by atoms with Gasteiger partial charge in [-0.05, 0) is 25.8 Å². The first-order valence-corrected chi connectivity index (χ1v) is 6.27. The third-order valence-electron chi connectivity index (χ3n) is 3.75. The topological polar surface area (TPSA) is 20.3 Å². The van der Waals surface area contributed by atoms with Crippen molar-refractivity contribution in [2.45, 2.75) is 46.0 Å². The molecule has 0 spiro atoms. The SMILES string of the molecule is CCC(C)CN(C)CC1(C=O)CCCC1. The van der Waals surface area contributed by atoms with Gasteiger partial charge in [-0.1, -0.05) is 33.1 Å². The van der Waals surface area contributed by atoms with Crippen molar-refractivity contribution in [3.63, 3.8) is 0 Å². The van der Waals surface area contributed by atoms with Gasteiger partial charge in [0.1, 0.15) is 6.29 Å². The Morgan fingerprint density at radius 3 is 2.47 bits per heavy atom. The lowest BCUT2D eigenvalue weighted by atomic mass is 9.87. The monoisotopic (exact) mass is 211 g/mol. The van der Waals surface area contributed by atoms with Gasteiger partial charge in [-0.2, -0.15) is 0 Å². The zero-order valence-electron chi connectivity index (χ0n) is 10.5. The Morgan fingerprint density at radius 2 is 2.00 bits per heavy atom. The van der Waals surface area contributed by atoms with Crippen LogP contribution in [0.3, 0.4) is 0 Å². The largest absolute Gasteiger partial charge is 0.305 e. The quantitative estimate of drug-likeness (QED) is 0.630. The van der Waals surface area contributed by atoms with Crippen LogP contribution < -0.4 is 0 Å². The summed E-state index contributed by atoms with van der Waals surface area (Å²) in [5.74, 6) is 0.736. The molecule has 1 unspecified atom stereocenters. The molecule has 0 bridgehead atoms. The molecule has 88 valence electrons. The lowest BCUT2D eigenvalue weighted by Crippen LogP contribution is -2.37. The van der Waals surface area contributed by atoms with E-state index in [4.69, 9.17) is 0 Å². The molecule has 0 N–H and O–H groups in total. The molecule has 15 heavy (non-hydrogen) atoms. The first kappa shape index (κ1) is 12.7. The number of rotatable bonds is 6. The van der Waals surface area contributed by atoms with E-state index in [1.165, 1.54) is 25.5 Å². The minimum absolute atomic E-state index is 0.0117. The number of hydrogen-bond acceptors (Lipinski definition) is 2. The van der Waals surface area contributed by atoms with Crippen molar-refractivity contribution in [3.05, 3.63) is 0 Å².